The number of benzene rings is 2. The number of fused-ring (bicyclic) bond motifs is 1. The van der Waals surface area contributed by atoms with Crippen molar-refractivity contribution in [2.24, 2.45) is 7.05 Å². The summed E-state index contributed by atoms with van der Waals surface area (Å²) in [6.07, 6.45) is 3.44. The first-order valence-corrected chi connectivity index (χ1v) is 9.80. The second-order valence-electron chi connectivity index (χ2n) is 6.97. The van der Waals surface area contributed by atoms with Gasteiger partial charge >= 0.3 is 0 Å². The van der Waals surface area contributed by atoms with Crippen LogP contribution in [0.3, 0.4) is 0 Å². The zero-order chi connectivity index (χ0) is 20.0. The highest BCUT2D eigenvalue weighted by atomic mass is 32.1. The summed E-state index contributed by atoms with van der Waals surface area (Å²) in [7, 11) is 2.02. The van der Waals surface area contributed by atoms with Crippen LogP contribution in [0.1, 0.15) is 25.1 Å². The number of aromatic amines is 1. The van der Waals surface area contributed by atoms with Gasteiger partial charge in [0, 0.05) is 47.2 Å². The lowest BCUT2D eigenvalue weighted by Crippen LogP contribution is -2.00. The zero-order valence-electron chi connectivity index (χ0n) is 16.2. The lowest BCUT2D eigenvalue weighted by molar-refractivity contribution is 0.447. The fourth-order valence-corrected chi connectivity index (χ4v) is 4.09. The van der Waals surface area contributed by atoms with E-state index in [0.29, 0.717) is 16.8 Å². The third-order valence-electron chi connectivity index (χ3n) is 5.28. The second-order valence-corrected chi connectivity index (χ2v) is 7.35. The van der Waals surface area contributed by atoms with Crippen molar-refractivity contribution >= 4 is 23.1 Å². The number of nitrogens with one attached hydrogen (secondary N) is 1. The molecule has 2 aromatic carbocycles. The van der Waals surface area contributed by atoms with E-state index in [2.05, 4.69) is 27.8 Å². The number of imidazole rings is 1. The van der Waals surface area contributed by atoms with Crippen LogP contribution in [0.5, 0.6) is 11.5 Å². The molecule has 0 spiro atoms. The Bertz CT molecular complexity index is 1250. The largest absolute Gasteiger partial charge is 0.508 e. The molecule has 0 aliphatic heterocycles. The fraction of sp³-hybridized carbons (Fsp3) is 0.227. The number of phenolic OH excluding ortho intramolecular Hbond substituents is 2. The average Bonchev–Trinajstić information content (AvgIpc) is 3.21. The van der Waals surface area contributed by atoms with E-state index in [1.165, 1.54) is 6.07 Å². The van der Waals surface area contributed by atoms with E-state index in [9.17, 15) is 10.2 Å². The molecule has 0 fully saturated rings. The number of hydrogen-bond acceptors (Lipinski definition) is 3. The van der Waals surface area contributed by atoms with E-state index in [0.717, 1.165) is 40.0 Å². The molecule has 6 heteroatoms. The van der Waals surface area contributed by atoms with Crippen LogP contribution >= 0.6 is 12.2 Å². The van der Waals surface area contributed by atoms with E-state index >= 15 is 0 Å². The first-order valence-electron chi connectivity index (χ1n) is 9.39. The molecule has 5 nitrogen and oxygen atoms in total. The van der Waals surface area contributed by atoms with Crippen LogP contribution < -0.4 is 0 Å². The van der Waals surface area contributed by atoms with Crippen LogP contribution in [-0.2, 0) is 19.9 Å². The summed E-state index contributed by atoms with van der Waals surface area (Å²) < 4.78 is 4.62. The number of rotatable bonds is 4. The molecule has 144 valence electrons. The Kier molecular flexibility index (Phi) is 4.51. The zero-order valence-corrected chi connectivity index (χ0v) is 17.0. The van der Waals surface area contributed by atoms with Gasteiger partial charge in [-0.25, -0.2) is 0 Å². The normalized spacial score (nSPS) is 11.4. The van der Waals surface area contributed by atoms with Gasteiger partial charge in [-0.15, -0.1) is 0 Å². The summed E-state index contributed by atoms with van der Waals surface area (Å²) in [6.45, 7) is 4.02. The number of H-pyrrole nitrogens is 1. The topological polar surface area (TPSA) is 66.1 Å². The summed E-state index contributed by atoms with van der Waals surface area (Å²) in [4.78, 5) is 3.29. The quantitative estimate of drug-likeness (QED) is 0.416. The second kappa shape index (κ2) is 6.87. The van der Waals surface area contributed by atoms with Gasteiger partial charge in [0.1, 0.15) is 11.5 Å². The van der Waals surface area contributed by atoms with Crippen molar-refractivity contribution in [2.45, 2.75) is 26.7 Å². The lowest BCUT2D eigenvalue weighted by Gasteiger charge is -2.14. The van der Waals surface area contributed by atoms with Gasteiger partial charge in [0.25, 0.3) is 0 Å². The van der Waals surface area contributed by atoms with Crippen molar-refractivity contribution in [1.29, 1.82) is 0 Å². The number of nitrogens with zero attached hydrogens (tertiary/aromatic N) is 2. The summed E-state index contributed by atoms with van der Waals surface area (Å²) in [5.74, 6) is 0.140. The molecule has 0 radical (unpaired) electrons. The van der Waals surface area contributed by atoms with Crippen LogP contribution in [0.25, 0.3) is 27.8 Å². The summed E-state index contributed by atoms with van der Waals surface area (Å²) in [5.41, 5.74) is 5.29. The van der Waals surface area contributed by atoms with Gasteiger partial charge in [-0.1, -0.05) is 13.8 Å². The summed E-state index contributed by atoms with van der Waals surface area (Å²) in [5, 5.41) is 21.8. The molecular weight excluding hydrogens is 370 g/mol. The summed E-state index contributed by atoms with van der Waals surface area (Å²) >= 11 is 5.64. The van der Waals surface area contributed by atoms with E-state index in [1.807, 2.05) is 43.8 Å². The lowest BCUT2D eigenvalue weighted by atomic mass is 10.0. The smallest absolute Gasteiger partial charge is 0.182 e. The molecule has 0 aliphatic rings. The molecule has 0 unspecified atom stereocenters. The Morgan fingerprint density at radius 3 is 2.50 bits per heavy atom. The number of phenols is 2. The molecular formula is C22H23N3O2S. The highest BCUT2D eigenvalue weighted by Crippen LogP contribution is 2.38. The first-order chi connectivity index (χ1) is 13.4. The van der Waals surface area contributed by atoms with Crippen molar-refractivity contribution in [3.63, 3.8) is 0 Å². The van der Waals surface area contributed by atoms with Crippen molar-refractivity contribution in [2.75, 3.05) is 0 Å². The molecule has 0 saturated carbocycles. The predicted molar refractivity (Wildman–Crippen MR) is 115 cm³/mol. The molecule has 0 aliphatic carbocycles. The van der Waals surface area contributed by atoms with Crippen LogP contribution in [-0.4, -0.2) is 24.3 Å². The van der Waals surface area contributed by atoms with Crippen LogP contribution in [0.2, 0.25) is 0 Å². The average molecular weight is 394 g/mol. The minimum atomic E-state index is 0.0351. The number of aryl methyl sites for hydroxylation is 3. The highest BCUT2D eigenvalue weighted by Gasteiger charge is 2.19. The summed E-state index contributed by atoms with van der Waals surface area (Å²) in [6, 6.07) is 11.5. The maximum atomic E-state index is 10.6. The van der Waals surface area contributed by atoms with E-state index in [4.69, 9.17) is 12.2 Å². The van der Waals surface area contributed by atoms with Crippen molar-refractivity contribution in [1.82, 2.24) is 14.1 Å². The van der Waals surface area contributed by atoms with Crippen molar-refractivity contribution in [3.05, 3.63) is 58.6 Å². The van der Waals surface area contributed by atoms with Crippen LogP contribution in [0, 0.1) is 4.77 Å². The van der Waals surface area contributed by atoms with Crippen LogP contribution in [0.4, 0.5) is 0 Å². The van der Waals surface area contributed by atoms with Gasteiger partial charge in [0.2, 0.25) is 0 Å². The highest BCUT2D eigenvalue weighted by molar-refractivity contribution is 7.71. The molecule has 0 amide bonds. The third-order valence-corrected chi connectivity index (χ3v) is 5.57. The molecule has 2 aromatic heterocycles. The van der Waals surface area contributed by atoms with E-state index < -0.39 is 0 Å². The Morgan fingerprint density at radius 2 is 1.79 bits per heavy atom. The minimum absolute atomic E-state index is 0.0351. The Balaban J connectivity index is 2.02. The standard InChI is InChI=1S/C22H23N3O2S/c1-4-13-11-16(20(27)12-19(13)26)21-17(5-2)23-22(28)25(21)15-6-7-18-14(10-15)8-9-24(18)3/h6-12,26-27H,4-5H2,1-3H3,(H,23,28). The molecule has 3 N–H and O–H groups in total. The van der Waals surface area contributed by atoms with Gasteiger partial charge < -0.3 is 19.8 Å². The number of aromatic nitrogens is 3. The van der Waals surface area contributed by atoms with Gasteiger partial charge in [-0.2, -0.15) is 0 Å². The number of hydrogen-bond donors (Lipinski definition) is 3. The van der Waals surface area contributed by atoms with Crippen molar-refractivity contribution in [3.8, 4) is 28.4 Å². The van der Waals surface area contributed by atoms with Gasteiger partial charge in [0.05, 0.1) is 5.69 Å². The van der Waals surface area contributed by atoms with E-state index in [1.54, 1.807) is 0 Å². The molecule has 0 atom stereocenters. The fourth-order valence-electron chi connectivity index (χ4n) is 3.77. The van der Waals surface area contributed by atoms with Gasteiger partial charge in [-0.3, -0.25) is 4.57 Å². The first kappa shape index (κ1) is 18.4. The third kappa shape index (κ3) is 2.81. The molecule has 2 heterocycles. The molecule has 4 rings (SSSR count). The minimum Gasteiger partial charge on any atom is -0.508 e. The Labute approximate surface area is 168 Å². The Hall–Kier alpha value is -2.99. The Morgan fingerprint density at radius 1 is 1.00 bits per heavy atom. The SMILES string of the molecule is CCc1cc(-c2c(CC)[nH]c(=S)n2-c2ccc3c(ccn3C)c2)c(O)cc1O. The molecule has 0 saturated heterocycles. The predicted octanol–water partition coefficient (Wildman–Crippen LogP) is 5.23. The maximum Gasteiger partial charge on any atom is 0.182 e. The molecule has 0 bridgehead atoms. The maximum absolute atomic E-state index is 10.6. The monoisotopic (exact) mass is 393 g/mol. The van der Waals surface area contributed by atoms with Gasteiger partial charge in [0.15, 0.2) is 4.77 Å². The van der Waals surface area contributed by atoms with Crippen molar-refractivity contribution < 1.29 is 10.2 Å². The number of aromatic hydroxyl groups is 2. The van der Waals surface area contributed by atoms with E-state index in [-0.39, 0.29) is 11.5 Å². The molecule has 4 aromatic rings. The molecule has 28 heavy (non-hydrogen) atoms. The van der Waals surface area contributed by atoms with Crippen LogP contribution in [0.15, 0.2) is 42.6 Å². The van der Waals surface area contributed by atoms with Gasteiger partial charge in [-0.05, 0) is 61.0 Å².